The molecule has 1 fully saturated rings. The van der Waals surface area contributed by atoms with Gasteiger partial charge in [-0.25, -0.2) is 8.42 Å². The maximum atomic E-state index is 12.7. The molecule has 180 valence electrons. The molecule has 0 unspecified atom stereocenters. The number of rotatable bonds is 10. The van der Waals surface area contributed by atoms with Crippen molar-refractivity contribution >= 4 is 16.0 Å². The summed E-state index contributed by atoms with van der Waals surface area (Å²) in [5.74, 6) is 0.663. The van der Waals surface area contributed by atoms with E-state index in [0.29, 0.717) is 49.0 Å². The van der Waals surface area contributed by atoms with E-state index >= 15 is 0 Å². The molecule has 0 saturated carbocycles. The molecule has 1 aromatic carbocycles. The average molecular weight is 485 g/mol. The lowest BCUT2D eigenvalue weighted by Gasteiger charge is -2.25. The van der Waals surface area contributed by atoms with E-state index in [9.17, 15) is 13.2 Å². The highest BCUT2D eigenvalue weighted by Gasteiger charge is 2.25. The lowest BCUT2D eigenvalue weighted by molar-refractivity contribution is -0.143. The fourth-order valence-electron chi connectivity index (χ4n) is 3.78. The molecule has 0 aliphatic carbocycles. The predicted molar refractivity (Wildman–Crippen MR) is 124 cm³/mol. The number of ether oxygens (including phenoxy) is 1. The van der Waals surface area contributed by atoms with Crippen molar-refractivity contribution in [3.63, 3.8) is 0 Å². The smallest absolute Gasteiger partial charge is 0.306 e. The Hall–Kier alpha value is -3.11. The molecule has 9 nitrogen and oxygen atoms in total. The van der Waals surface area contributed by atoms with Crippen molar-refractivity contribution in [3.05, 3.63) is 60.2 Å². The van der Waals surface area contributed by atoms with E-state index in [4.69, 9.17) is 9.26 Å². The number of benzene rings is 1. The maximum absolute atomic E-state index is 12.7. The van der Waals surface area contributed by atoms with Gasteiger partial charge in [0.2, 0.25) is 21.7 Å². The molecule has 10 heteroatoms. The number of esters is 1. The minimum atomic E-state index is -3.44. The van der Waals surface area contributed by atoms with Crippen LogP contribution >= 0.6 is 0 Å². The number of nitrogens with zero attached hydrogens (tertiary/aromatic N) is 4. The topological polar surface area (TPSA) is 115 Å². The second-order valence-electron chi connectivity index (χ2n) is 8.19. The number of hydrogen-bond acceptors (Lipinski definition) is 8. The molecule has 34 heavy (non-hydrogen) atoms. The summed E-state index contributed by atoms with van der Waals surface area (Å²) >= 11 is 0. The predicted octanol–water partition coefficient (Wildman–Crippen LogP) is 3.41. The summed E-state index contributed by atoms with van der Waals surface area (Å²) in [6, 6.07) is 10.4. The quantitative estimate of drug-likeness (QED) is 0.318. The Morgan fingerprint density at radius 3 is 2.59 bits per heavy atom. The zero-order valence-electron chi connectivity index (χ0n) is 18.9. The van der Waals surface area contributed by atoms with Crippen molar-refractivity contribution in [3.8, 4) is 11.4 Å². The molecule has 3 aromatic rings. The van der Waals surface area contributed by atoms with Crippen LogP contribution in [0, 0.1) is 0 Å². The van der Waals surface area contributed by atoms with Crippen LogP contribution in [-0.4, -0.2) is 53.5 Å². The molecule has 0 radical (unpaired) electrons. The Morgan fingerprint density at radius 1 is 1.06 bits per heavy atom. The molecule has 1 aliphatic rings. The van der Waals surface area contributed by atoms with Crippen molar-refractivity contribution in [2.45, 2.75) is 49.8 Å². The third-order valence-corrected chi connectivity index (χ3v) is 7.59. The molecular weight excluding hydrogens is 456 g/mol. The van der Waals surface area contributed by atoms with Gasteiger partial charge in [-0.1, -0.05) is 23.7 Å². The number of sulfonamides is 1. The zero-order valence-corrected chi connectivity index (χ0v) is 19.7. The van der Waals surface area contributed by atoms with Crippen molar-refractivity contribution in [1.29, 1.82) is 0 Å². The molecule has 0 atom stereocenters. The first kappa shape index (κ1) is 24.0. The molecule has 3 heterocycles. The van der Waals surface area contributed by atoms with Gasteiger partial charge < -0.3 is 9.26 Å². The molecule has 2 aromatic heterocycles. The largest absolute Gasteiger partial charge is 0.466 e. The maximum Gasteiger partial charge on any atom is 0.306 e. The Bertz CT molecular complexity index is 1170. The SMILES string of the molecule is O=C(CCc1ccc(S(=O)(=O)N2CCCCC2)cc1)OCCCc1nc(-c2cccnc2)no1. The molecular formula is C24H28N4O5S. The van der Waals surface area contributed by atoms with Gasteiger partial charge in [-0.2, -0.15) is 9.29 Å². The first-order chi connectivity index (χ1) is 16.5. The number of carbonyl (C=O) groups is 1. The zero-order chi connectivity index (χ0) is 23.8. The molecule has 0 N–H and O–H groups in total. The van der Waals surface area contributed by atoms with E-state index in [-0.39, 0.29) is 19.0 Å². The van der Waals surface area contributed by atoms with Crippen molar-refractivity contribution < 1.29 is 22.5 Å². The van der Waals surface area contributed by atoms with Gasteiger partial charge >= 0.3 is 5.97 Å². The molecule has 4 rings (SSSR count). The fraction of sp³-hybridized carbons (Fsp3) is 0.417. The third-order valence-electron chi connectivity index (χ3n) is 5.68. The van der Waals surface area contributed by atoms with Crippen LogP contribution in [0.25, 0.3) is 11.4 Å². The number of hydrogen-bond donors (Lipinski definition) is 0. The Morgan fingerprint density at radius 2 is 1.85 bits per heavy atom. The Labute approximate surface area is 199 Å². The lowest BCUT2D eigenvalue weighted by Crippen LogP contribution is -2.35. The highest BCUT2D eigenvalue weighted by molar-refractivity contribution is 7.89. The summed E-state index contributed by atoms with van der Waals surface area (Å²) in [7, 11) is -3.44. The number of aromatic nitrogens is 3. The lowest BCUT2D eigenvalue weighted by atomic mass is 10.1. The van der Waals surface area contributed by atoms with Crippen molar-refractivity contribution in [2.75, 3.05) is 19.7 Å². The van der Waals surface area contributed by atoms with Crippen LogP contribution in [-0.2, 0) is 32.4 Å². The minimum absolute atomic E-state index is 0.226. The summed E-state index contributed by atoms with van der Waals surface area (Å²) in [4.78, 5) is 20.7. The summed E-state index contributed by atoms with van der Waals surface area (Å²) < 4.78 is 37.5. The van der Waals surface area contributed by atoms with Gasteiger partial charge in [-0.05, 0) is 55.5 Å². The van der Waals surface area contributed by atoms with Crippen LogP contribution in [0.4, 0.5) is 0 Å². The van der Waals surface area contributed by atoms with E-state index in [1.165, 1.54) is 0 Å². The van der Waals surface area contributed by atoms with Crippen LogP contribution in [0.15, 0.2) is 58.2 Å². The summed E-state index contributed by atoms with van der Waals surface area (Å²) in [5.41, 5.74) is 1.67. The second kappa shape index (κ2) is 11.3. The van der Waals surface area contributed by atoms with Crippen molar-refractivity contribution in [2.24, 2.45) is 0 Å². The van der Waals surface area contributed by atoms with E-state index < -0.39 is 10.0 Å². The first-order valence-electron chi connectivity index (χ1n) is 11.5. The number of pyridine rings is 1. The molecule has 1 aliphatic heterocycles. The third kappa shape index (κ3) is 6.27. The monoisotopic (exact) mass is 484 g/mol. The minimum Gasteiger partial charge on any atom is -0.466 e. The van der Waals surface area contributed by atoms with Crippen LogP contribution in [0.1, 0.15) is 43.6 Å². The van der Waals surface area contributed by atoms with Gasteiger partial charge in [-0.3, -0.25) is 9.78 Å². The average Bonchev–Trinajstić information content (AvgIpc) is 3.36. The number of aryl methyl sites for hydroxylation is 2. The van der Waals surface area contributed by atoms with Gasteiger partial charge in [0.05, 0.1) is 11.5 Å². The van der Waals surface area contributed by atoms with Gasteiger partial charge in [0.25, 0.3) is 0 Å². The number of piperidine rings is 1. The highest BCUT2D eigenvalue weighted by atomic mass is 32.2. The Kier molecular flexibility index (Phi) is 8.02. The summed E-state index contributed by atoms with van der Waals surface area (Å²) in [6.07, 6.45) is 8.01. The summed E-state index contributed by atoms with van der Waals surface area (Å²) in [6.45, 7) is 1.42. The van der Waals surface area contributed by atoms with Crippen LogP contribution in [0.3, 0.4) is 0 Å². The molecule has 1 saturated heterocycles. The standard InChI is InChI=1S/C24H28N4O5S/c29-23(32-17-5-7-22-26-24(27-33-22)20-6-4-14-25-18-20)13-10-19-8-11-21(12-9-19)34(30,31)28-15-2-1-3-16-28/h4,6,8-9,11-12,14,18H,1-3,5,7,10,13,15-17H2. The van der Waals surface area contributed by atoms with Gasteiger partial charge in [0.15, 0.2) is 0 Å². The van der Waals surface area contributed by atoms with Gasteiger partial charge in [0, 0.05) is 43.9 Å². The first-order valence-corrected chi connectivity index (χ1v) is 12.9. The van der Waals surface area contributed by atoms with E-state index in [1.807, 2.05) is 6.07 Å². The number of carbonyl (C=O) groups excluding carboxylic acids is 1. The molecule has 0 spiro atoms. The Balaban J connectivity index is 1.17. The van der Waals surface area contributed by atoms with Gasteiger partial charge in [-0.15, -0.1) is 0 Å². The van der Waals surface area contributed by atoms with E-state index in [2.05, 4.69) is 15.1 Å². The fourth-order valence-corrected chi connectivity index (χ4v) is 5.30. The van der Waals surface area contributed by atoms with E-state index in [0.717, 1.165) is 30.4 Å². The normalized spacial score (nSPS) is 14.7. The van der Waals surface area contributed by atoms with Crippen LogP contribution in [0.2, 0.25) is 0 Å². The van der Waals surface area contributed by atoms with E-state index in [1.54, 1.807) is 47.0 Å². The molecule has 0 amide bonds. The summed E-state index contributed by atoms with van der Waals surface area (Å²) in [5, 5.41) is 3.94. The van der Waals surface area contributed by atoms with Gasteiger partial charge in [0.1, 0.15) is 0 Å². The van der Waals surface area contributed by atoms with Crippen molar-refractivity contribution in [1.82, 2.24) is 19.4 Å². The molecule has 0 bridgehead atoms. The van der Waals surface area contributed by atoms with Crippen LogP contribution < -0.4 is 0 Å². The van der Waals surface area contributed by atoms with Crippen LogP contribution in [0.5, 0.6) is 0 Å². The second-order valence-corrected chi connectivity index (χ2v) is 10.1. The highest BCUT2D eigenvalue weighted by Crippen LogP contribution is 2.21.